The highest BCUT2D eigenvalue weighted by atomic mass is 16.6. The van der Waals surface area contributed by atoms with Gasteiger partial charge in [0.2, 0.25) is 0 Å². The molecule has 5 heteroatoms. The summed E-state index contributed by atoms with van der Waals surface area (Å²) in [5.41, 5.74) is 7.62. The summed E-state index contributed by atoms with van der Waals surface area (Å²) < 4.78 is 16.9. The van der Waals surface area contributed by atoms with Gasteiger partial charge in [-0.3, -0.25) is 0 Å². The molecule has 2 heterocycles. The zero-order valence-electron chi connectivity index (χ0n) is 12.1. The van der Waals surface area contributed by atoms with Crippen molar-refractivity contribution in [1.29, 1.82) is 0 Å². The molecule has 1 unspecified atom stereocenters. The summed E-state index contributed by atoms with van der Waals surface area (Å²) in [5.74, 6) is 1.49. The molecule has 0 aliphatic carbocycles. The Bertz CT molecular complexity index is 502. The van der Waals surface area contributed by atoms with Crippen molar-refractivity contribution in [2.75, 3.05) is 30.9 Å². The summed E-state index contributed by atoms with van der Waals surface area (Å²) in [6, 6.07) is 4.14. The fraction of sp³-hybridized carbons (Fsp3) is 0.600. The van der Waals surface area contributed by atoms with Crippen LogP contribution in [-0.4, -0.2) is 31.5 Å². The van der Waals surface area contributed by atoms with Crippen molar-refractivity contribution in [3.63, 3.8) is 0 Å². The largest absolute Gasteiger partial charge is 0.486 e. The molecular weight excluding hydrogens is 256 g/mol. The van der Waals surface area contributed by atoms with E-state index >= 15 is 0 Å². The maximum absolute atomic E-state index is 6.10. The van der Waals surface area contributed by atoms with Gasteiger partial charge in [-0.25, -0.2) is 0 Å². The first kappa shape index (κ1) is 13.4. The molecule has 0 saturated carbocycles. The Morgan fingerprint density at radius 1 is 1.15 bits per heavy atom. The molecule has 5 nitrogen and oxygen atoms in total. The Morgan fingerprint density at radius 3 is 2.55 bits per heavy atom. The van der Waals surface area contributed by atoms with Gasteiger partial charge in [0, 0.05) is 24.8 Å². The van der Waals surface area contributed by atoms with Crippen LogP contribution in [0.3, 0.4) is 0 Å². The van der Waals surface area contributed by atoms with Crippen LogP contribution in [0.2, 0.25) is 0 Å². The van der Waals surface area contributed by atoms with Crippen LogP contribution in [0.1, 0.15) is 26.7 Å². The van der Waals surface area contributed by atoms with Crippen LogP contribution in [0.25, 0.3) is 0 Å². The van der Waals surface area contributed by atoms with E-state index in [4.69, 9.17) is 19.9 Å². The minimum atomic E-state index is -0.0848. The highest BCUT2D eigenvalue weighted by Crippen LogP contribution is 2.38. The second kappa shape index (κ2) is 5.05. The summed E-state index contributed by atoms with van der Waals surface area (Å²) in [6.45, 7) is 6.17. The second-order valence-corrected chi connectivity index (χ2v) is 6.03. The number of rotatable bonds is 2. The van der Waals surface area contributed by atoms with Gasteiger partial charge in [0.15, 0.2) is 11.5 Å². The molecule has 1 aromatic carbocycles. The molecule has 1 fully saturated rings. The lowest BCUT2D eigenvalue weighted by Crippen LogP contribution is -2.40. The van der Waals surface area contributed by atoms with Crippen LogP contribution in [-0.2, 0) is 4.74 Å². The normalized spacial score (nSPS) is 24.2. The van der Waals surface area contributed by atoms with E-state index in [1.165, 1.54) is 0 Å². The number of anilines is 2. The molecule has 110 valence electrons. The van der Waals surface area contributed by atoms with Crippen LogP contribution in [0.15, 0.2) is 12.1 Å². The van der Waals surface area contributed by atoms with Gasteiger partial charge in [-0.15, -0.1) is 0 Å². The van der Waals surface area contributed by atoms with Gasteiger partial charge in [-0.1, -0.05) is 0 Å². The Kier molecular flexibility index (Phi) is 3.38. The number of nitrogens with one attached hydrogen (secondary N) is 1. The highest BCUT2D eigenvalue weighted by molar-refractivity contribution is 5.72. The first-order chi connectivity index (χ1) is 9.53. The van der Waals surface area contributed by atoms with Gasteiger partial charge in [0.25, 0.3) is 0 Å². The molecule has 1 aromatic rings. The van der Waals surface area contributed by atoms with Gasteiger partial charge in [-0.2, -0.15) is 0 Å². The lowest BCUT2D eigenvalue weighted by molar-refractivity contribution is -0.0553. The third-order valence-electron chi connectivity index (χ3n) is 3.77. The molecule has 0 spiro atoms. The van der Waals surface area contributed by atoms with Gasteiger partial charge >= 0.3 is 0 Å². The molecule has 2 aliphatic heterocycles. The average Bonchev–Trinajstić information content (AvgIpc) is 2.38. The van der Waals surface area contributed by atoms with E-state index in [-0.39, 0.29) is 5.60 Å². The van der Waals surface area contributed by atoms with Gasteiger partial charge in [0.1, 0.15) is 13.2 Å². The van der Waals surface area contributed by atoms with Crippen molar-refractivity contribution in [2.45, 2.75) is 38.3 Å². The molecule has 3 N–H and O–H groups in total. The fourth-order valence-corrected chi connectivity index (χ4v) is 2.80. The van der Waals surface area contributed by atoms with Crippen LogP contribution >= 0.6 is 0 Å². The van der Waals surface area contributed by atoms with Crippen LogP contribution in [0.4, 0.5) is 11.4 Å². The Hall–Kier alpha value is -1.62. The fourth-order valence-electron chi connectivity index (χ4n) is 2.80. The first-order valence-corrected chi connectivity index (χ1v) is 7.13. The number of nitrogens with two attached hydrogens (primary N) is 1. The van der Waals surface area contributed by atoms with Crippen molar-refractivity contribution in [1.82, 2.24) is 0 Å². The van der Waals surface area contributed by atoms with Crippen LogP contribution in [0, 0.1) is 0 Å². The smallest absolute Gasteiger partial charge is 0.163 e. The van der Waals surface area contributed by atoms with Gasteiger partial charge < -0.3 is 25.3 Å². The predicted octanol–water partition coefficient (Wildman–Crippen LogP) is 2.41. The maximum atomic E-state index is 6.10. The summed E-state index contributed by atoms with van der Waals surface area (Å²) in [5, 5.41) is 3.51. The van der Waals surface area contributed by atoms with E-state index in [2.05, 4.69) is 19.2 Å². The molecule has 0 bridgehead atoms. The number of ether oxygens (including phenoxy) is 3. The van der Waals surface area contributed by atoms with E-state index in [1.807, 2.05) is 12.1 Å². The van der Waals surface area contributed by atoms with Crippen molar-refractivity contribution in [3.05, 3.63) is 12.1 Å². The molecule has 3 rings (SSSR count). The molecule has 2 aliphatic rings. The molecule has 0 radical (unpaired) electrons. The lowest BCUT2D eigenvalue weighted by Gasteiger charge is -2.36. The second-order valence-electron chi connectivity index (χ2n) is 6.03. The number of hydrogen-bond donors (Lipinski definition) is 2. The quantitative estimate of drug-likeness (QED) is 0.813. The topological polar surface area (TPSA) is 65.7 Å². The van der Waals surface area contributed by atoms with E-state index in [1.54, 1.807) is 0 Å². The Balaban J connectivity index is 1.77. The molecule has 1 atom stereocenters. The van der Waals surface area contributed by atoms with E-state index in [0.29, 0.717) is 24.9 Å². The van der Waals surface area contributed by atoms with Crippen LogP contribution in [0.5, 0.6) is 11.5 Å². The monoisotopic (exact) mass is 278 g/mol. The van der Waals surface area contributed by atoms with Gasteiger partial charge in [-0.05, 0) is 26.7 Å². The summed E-state index contributed by atoms with van der Waals surface area (Å²) in [4.78, 5) is 0. The predicted molar refractivity (Wildman–Crippen MR) is 78.5 cm³/mol. The van der Waals surface area contributed by atoms with Crippen LogP contribution < -0.4 is 20.5 Å². The molecule has 0 aromatic heterocycles. The molecular formula is C15H22N2O3. The van der Waals surface area contributed by atoms with Crippen molar-refractivity contribution in [3.8, 4) is 11.5 Å². The summed E-state index contributed by atoms with van der Waals surface area (Å²) >= 11 is 0. The third kappa shape index (κ3) is 2.77. The highest BCUT2D eigenvalue weighted by Gasteiger charge is 2.29. The minimum Gasteiger partial charge on any atom is -0.486 e. The number of benzene rings is 1. The van der Waals surface area contributed by atoms with E-state index in [9.17, 15) is 0 Å². The van der Waals surface area contributed by atoms with Crippen molar-refractivity contribution < 1.29 is 14.2 Å². The Morgan fingerprint density at radius 2 is 1.85 bits per heavy atom. The molecule has 20 heavy (non-hydrogen) atoms. The van der Waals surface area contributed by atoms with Crippen molar-refractivity contribution >= 4 is 11.4 Å². The third-order valence-corrected chi connectivity index (χ3v) is 3.77. The van der Waals surface area contributed by atoms with E-state index in [0.717, 1.165) is 36.6 Å². The minimum absolute atomic E-state index is 0.0848. The van der Waals surface area contributed by atoms with E-state index < -0.39 is 0 Å². The zero-order valence-corrected chi connectivity index (χ0v) is 12.1. The summed E-state index contributed by atoms with van der Waals surface area (Å²) in [7, 11) is 0. The Labute approximate surface area is 119 Å². The SMILES string of the molecule is CC1(C)CC(Nc2cc3c(cc2N)OCCO3)CCO1. The average molecular weight is 278 g/mol. The molecule has 0 amide bonds. The zero-order chi connectivity index (χ0) is 14.2. The van der Waals surface area contributed by atoms with Gasteiger partial charge in [0.05, 0.1) is 17.0 Å². The maximum Gasteiger partial charge on any atom is 0.163 e. The first-order valence-electron chi connectivity index (χ1n) is 7.13. The standard InChI is InChI=1S/C15H22N2O3/c1-15(2)9-10(3-4-20-15)17-12-8-14-13(7-11(12)16)18-5-6-19-14/h7-8,10,17H,3-6,9,16H2,1-2H3. The number of fused-ring (bicyclic) bond motifs is 1. The lowest BCUT2D eigenvalue weighted by atomic mass is 9.93. The summed E-state index contributed by atoms with van der Waals surface area (Å²) in [6.07, 6.45) is 1.94. The number of nitrogen functional groups attached to an aromatic ring is 1. The number of hydrogen-bond acceptors (Lipinski definition) is 5. The molecule has 1 saturated heterocycles. The van der Waals surface area contributed by atoms with Crippen molar-refractivity contribution in [2.24, 2.45) is 0 Å².